The van der Waals surface area contributed by atoms with Crippen molar-refractivity contribution in [3.63, 3.8) is 0 Å². The second kappa shape index (κ2) is 5.07. The van der Waals surface area contributed by atoms with E-state index in [1.165, 1.54) is 0 Å². The smallest absolute Gasteiger partial charge is 0.134 e. The van der Waals surface area contributed by atoms with Crippen LogP contribution in [0.2, 0.25) is 0 Å². The molecule has 0 N–H and O–H groups in total. The molecular weight excluding hydrogens is 260 g/mol. The van der Waals surface area contributed by atoms with E-state index in [-0.39, 0.29) is 0 Å². The molecule has 1 aromatic rings. The van der Waals surface area contributed by atoms with Crippen LogP contribution in [0.25, 0.3) is 5.76 Å². The van der Waals surface area contributed by atoms with E-state index in [2.05, 4.69) is 22.5 Å². The largest absolute Gasteiger partial charge is 0.497 e. The summed E-state index contributed by atoms with van der Waals surface area (Å²) < 4.78 is 16.3. The van der Waals surface area contributed by atoms with Gasteiger partial charge in [0, 0.05) is 0 Å². The molecule has 82 valence electrons. The zero-order chi connectivity index (χ0) is 11.4. The van der Waals surface area contributed by atoms with E-state index in [0.29, 0.717) is 17.3 Å². The highest BCUT2D eigenvalue weighted by Gasteiger charge is 2.12. The summed E-state index contributed by atoms with van der Waals surface area (Å²) in [7, 11) is 4.77. The van der Waals surface area contributed by atoms with E-state index in [1.54, 1.807) is 21.3 Å². The molecule has 0 aliphatic rings. The molecular formula is C11H13BrO3. The number of methoxy groups -OCH3 is 3. The summed E-state index contributed by atoms with van der Waals surface area (Å²) in [5.41, 5.74) is 0.778. The highest BCUT2D eigenvalue weighted by Crippen LogP contribution is 2.35. The summed E-state index contributed by atoms with van der Waals surface area (Å²) >= 11 is 3.38. The van der Waals surface area contributed by atoms with Crippen LogP contribution < -0.4 is 9.47 Å². The Balaban J connectivity index is 3.28. The van der Waals surface area contributed by atoms with Gasteiger partial charge in [-0.2, -0.15) is 0 Å². The van der Waals surface area contributed by atoms with Crippen LogP contribution in [0.1, 0.15) is 5.56 Å². The van der Waals surface area contributed by atoms with Crippen molar-refractivity contribution >= 4 is 21.7 Å². The molecule has 1 rings (SSSR count). The number of rotatable bonds is 4. The monoisotopic (exact) mass is 272 g/mol. The van der Waals surface area contributed by atoms with Crippen molar-refractivity contribution < 1.29 is 14.2 Å². The molecule has 1 aromatic carbocycles. The SMILES string of the molecule is C=C(OC)c1cc(OC)c(Br)cc1OC. The average Bonchev–Trinajstić information content (AvgIpc) is 2.27. The Labute approximate surface area is 97.8 Å². The van der Waals surface area contributed by atoms with Gasteiger partial charge in [-0.3, -0.25) is 0 Å². The first-order chi connectivity index (χ1) is 7.13. The van der Waals surface area contributed by atoms with Gasteiger partial charge in [0.1, 0.15) is 17.3 Å². The van der Waals surface area contributed by atoms with E-state index >= 15 is 0 Å². The molecule has 0 aliphatic heterocycles. The Kier molecular flexibility index (Phi) is 4.03. The normalized spacial score (nSPS) is 9.60. The highest BCUT2D eigenvalue weighted by atomic mass is 79.9. The van der Waals surface area contributed by atoms with Gasteiger partial charge in [0.2, 0.25) is 0 Å². The summed E-state index contributed by atoms with van der Waals surface area (Å²) in [5, 5.41) is 0. The van der Waals surface area contributed by atoms with E-state index in [0.717, 1.165) is 10.0 Å². The van der Waals surface area contributed by atoms with Crippen LogP contribution in [0.5, 0.6) is 11.5 Å². The molecule has 0 unspecified atom stereocenters. The van der Waals surface area contributed by atoms with Crippen LogP contribution >= 0.6 is 15.9 Å². The van der Waals surface area contributed by atoms with Gasteiger partial charge in [0.25, 0.3) is 0 Å². The number of ether oxygens (including phenoxy) is 3. The maximum Gasteiger partial charge on any atom is 0.134 e. The fourth-order valence-electron chi connectivity index (χ4n) is 1.19. The van der Waals surface area contributed by atoms with Crippen LogP contribution in [0.15, 0.2) is 23.2 Å². The second-order valence-corrected chi connectivity index (χ2v) is 3.67. The molecule has 0 fully saturated rings. The standard InChI is InChI=1S/C11H13BrO3/c1-7(13-2)8-5-11(15-4)9(12)6-10(8)14-3/h5-6H,1H2,2-4H3. The fourth-order valence-corrected chi connectivity index (χ4v) is 1.67. The minimum atomic E-state index is 0.539. The van der Waals surface area contributed by atoms with Gasteiger partial charge < -0.3 is 14.2 Å². The van der Waals surface area contributed by atoms with Gasteiger partial charge in [-0.25, -0.2) is 0 Å². The van der Waals surface area contributed by atoms with E-state index in [9.17, 15) is 0 Å². The lowest BCUT2D eigenvalue weighted by Crippen LogP contribution is -1.95. The predicted octanol–water partition coefficient (Wildman–Crippen LogP) is 3.08. The molecule has 3 nitrogen and oxygen atoms in total. The van der Waals surface area contributed by atoms with Gasteiger partial charge in [-0.15, -0.1) is 0 Å². The summed E-state index contributed by atoms with van der Waals surface area (Å²) in [6.07, 6.45) is 0. The maximum absolute atomic E-state index is 5.22. The molecule has 0 heterocycles. The number of hydrogen-bond acceptors (Lipinski definition) is 3. The van der Waals surface area contributed by atoms with Crippen molar-refractivity contribution in [3.8, 4) is 11.5 Å². The van der Waals surface area contributed by atoms with Crippen LogP contribution in [0, 0.1) is 0 Å². The maximum atomic E-state index is 5.22. The zero-order valence-corrected chi connectivity index (χ0v) is 10.6. The Bertz CT molecular complexity index is 374. The molecule has 0 aliphatic carbocycles. The highest BCUT2D eigenvalue weighted by molar-refractivity contribution is 9.10. The van der Waals surface area contributed by atoms with Gasteiger partial charge in [0.05, 0.1) is 31.4 Å². The molecule has 15 heavy (non-hydrogen) atoms. The van der Waals surface area contributed by atoms with Crippen molar-refractivity contribution in [2.75, 3.05) is 21.3 Å². The quantitative estimate of drug-likeness (QED) is 0.789. The lowest BCUT2D eigenvalue weighted by Gasteiger charge is -2.13. The van der Waals surface area contributed by atoms with Gasteiger partial charge in [0.15, 0.2) is 0 Å². The zero-order valence-electron chi connectivity index (χ0n) is 8.96. The molecule has 0 radical (unpaired) electrons. The van der Waals surface area contributed by atoms with Crippen molar-refractivity contribution in [1.29, 1.82) is 0 Å². The average molecular weight is 273 g/mol. The molecule has 0 bridgehead atoms. The molecule has 0 saturated carbocycles. The Morgan fingerprint density at radius 3 is 2.20 bits per heavy atom. The third-order valence-electron chi connectivity index (χ3n) is 2.02. The van der Waals surface area contributed by atoms with Gasteiger partial charge in [-0.05, 0) is 28.1 Å². The predicted molar refractivity (Wildman–Crippen MR) is 63.3 cm³/mol. The van der Waals surface area contributed by atoms with E-state index in [4.69, 9.17) is 14.2 Å². The summed E-state index contributed by atoms with van der Waals surface area (Å²) in [6, 6.07) is 3.63. The lowest BCUT2D eigenvalue weighted by atomic mass is 10.1. The van der Waals surface area contributed by atoms with E-state index < -0.39 is 0 Å². The Hall–Kier alpha value is -1.16. The van der Waals surface area contributed by atoms with Crippen LogP contribution in [-0.2, 0) is 4.74 Å². The van der Waals surface area contributed by atoms with Gasteiger partial charge in [-0.1, -0.05) is 6.58 Å². The first-order valence-electron chi connectivity index (χ1n) is 4.28. The van der Waals surface area contributed by atoms with Crippen LogP contribution in [0.4, 0.5) is 0 Å². The van der Waals surface area contributed by atoms with Crippen molar-refractivity contribution in [2.24, 2.45) is 0 Å². The Morgan fingerprint density at radius 2 is 1.73 bits per heavy atom. The molecule has 0 spiro atoms. The first-order valence-corrected chi connectivity index (χ1v) is 5.08. The van der Waals surface area contributed by atoms with Crippen LogP contribution in [-0.4, -0.2) is 21.3 Å². The number of hydrogen-bond donors (Lipinski definition) is 0. The molecule has 4 heteroatoms. The van der Waals surface area contributed by atoms with Gasteiger partial charge >= 0.3 is 0 Å². The van der Waals surface area contributed by atoms with Crippen molar-refractivity contribution in [3.05, 3.63) is 28.7 Å². The minimum absolute atomic E-state index is 0.539. The topological polar surface area (TPSA) is 27.7 Å². The minimum Gasteiger partial charge on any atom is -0.497 e. The third kappa shape index (κ3) is 2.45. The third-order valence-corrected chi connectivity index (χ3v) is 2.64. The number of benzene rings is 1. The van der Waals surface area contributed by atoms with E-state index in [1.807, 2.05) is 12.1 Å². The summed E-state index contributed by atoms with van der Waals surface area (Å²) in [6.45, 7) is 3.78. The molecule has 0 atom stereocenters. The molecule has 0 aromatic heterocycles. The lowest BCUT2D eigenvalue weighted by molar-refractivity contribution is 0.361. The number of halogens is 1. The summed E-state index contributed by atoms with van der Waals surface area (Å²) in [5.74, 6) is 1.94. The molecule has 0 amide bonds. The van der Waals surface area contributed by atoms with Crippen LogP contribution in [0.3, 0.4) is 0 Å². The fraction of sp³-hybridized carbons (Fsp3) is 0.273. The van der Waals surface area contributed by atoms with Crippen molar-refractivity contribution in [1.82, 2.24) is 0 Å². The van der Waals surface area contributed by atoms with Crippen molar-refractivity contribution in [2.45, 2.75) is 0 Å². The molecule has 0 saturated heterocycles. The summed E-state index contributed by atoms with van der Waals surface area (Å²) in [4.78, 5) is 0. The Morgan fingerprint density at radius 1 is 1.13 bits per heavy atom. The second-order valence-electron chi connectivity index (χ2n) is 2.81. The first kappa shape index (κ1) is 11.9.